The van der Waals surface area contributed by atoms with E-state index in [0.717, 1.165) is 12.3 Å². The molecule has 2 heterocycles. The van der Waals surface area contributed by atoms with Gasteiger partial charge in [-0.3, -0.25) is 4.98 Å². The molecule has 0 spiro atoms. The Hall–Kier alpha value is -1.30. The molecule has 6 heteroatoms. The van der Waals surface area contributed by atoms with Gasteiger partial charge in [-0.05, 0) is 13.1 Å². The van der Waals surface area contributed by atoms with Crippen molar-refractivity contribution in [1.82, 2.24) is 10.3 Å². The quantitative estimate of drug-likeness (QED) is 0.779. The Morgan fingerprint density at radius 1 is 1.53 bits per heavy atom. The highest BCUT2D eigenvalue weighted by molar-refractivity contribution is 5.37. The lowest BCUT2D eigenvalue weighted by Gasteiger charge is -2.08. The maximum absolute atomic E-state index is 12.3. The summed E-state index contributed by atoms with van der Waals surface area (Å²) in [5, 5.41) is 2.91. The molecule has 0 saturated heterocycles. The van der Waals surface area contributed by atoms with Crippen LogP contribution < -0.4 is 10.1 Å². The van der Waals surface area contributed by atoms with Gasteiger partial charge in [0, 0.05) is 6.20 Å². The molecule has 0 saturated carbocycles. The monoisotopic (exact) mass is 218 g/mol. The Labute approximate surface area is 84.3 Å². The summed E-state index contributed by atoms with van der Waals surface area (Å²) < 4.78 is 42.1. The fourth-order valence-corrected chi connectivity index (χ4v) is 1.46. The second-order valence-corrected chi connectivity index (χ2v) is 3.26. The van der Waals surface area contributed by atoms with Crippen LogP contribution in [0.25, 0.3) is 0 Å². The van der Waals surface area contributed by atoms with E-state index in [4.69, 9.17) is 4.74 Å². The van der Waals surface area contributed by atoms with Crippen molar-refractivity contribution in [3.63, 3.8) is 0 Å². The molecule has 0 aliphatic carbocycles. The molecule has 82 valence electrons. The van der Waals surface area contributed by atoms with Crippen molar-refractivity contribution in [3.05, 3.63) is 23.5 Å². The van der Waals surface area contributed by atoms with Crippen LogP contribution in [-0.2, 0) is 6.18 Å². The average Bonchev–Trinajstić information content (AvgIpc) is 2.58. The van der Waals surface area contributed by atoms with Gasteiger partial charge in [0.25, 0.3) is 0 Å². The normalized spacial score (nSPS) is 19.9. The number of rotatable bonds is 1. The first-order valence-electron chi connectivity index (χ1n) is 4.39. The van der Waals surface area contributed by atoms with Crippen molar-refractivity contribution in [2.45, 2.75) is 12.2 Å². The third kappa shape index (κ3) is 1.77. The van der Waals surface area contributed by atoms with E-state index in [2.05, 4.69) is 10.3 Å². The molecule has 0 bridgehead atoms. The number of aromatic nitrogens is 1. The van der Waals surface area contributed by atoms with E-state index in [0.29, 0.717) is 12.3 Å². The fourth-order valence-electron chi connectivity index (χ4n) is 1.46. The molecular formula is C9H9F3N2O. The number of alkyl halides is 3. The first-order chi connectivity index (χ1) is 7.02. The summed E-state index contributed by atoms with van der Waals surface area (Å²) in [6.45, 7) is 0.320. The number of pyridine rings is 1. The van der Waals surface area contributed by atoms with Gasteiger partial charge in [-0.15, -0.1) is 0 Å². The molecule has 1 aliphatic heterocycles. The van der Waals surface area contributed by atoms with Gasteiger partial charge >= 0.3 is 6.18 Å². The van der Waals surface area contributed by atoms with Crippen molar-refractivity contribution in [2.24, 2.45) is 0 Å². The minimum Gasteiger partial charge on any atom is -0.490 e. The standard InChI is InChI=1S/C9H9F3N2O/c1-13-6-4-15-7-2-5(9(10,11)12)3-14-8(6)7/h2-3,6,13H,4H2,1H3. The molecule has 0 radical (unpaired) electrons. The van der Waals surface area contributed by atoms with Gasteiger partial charge in [-0.25, -0.2) is 0 Å². The van der Waals surface area contributed by atoms with Crippen LogP contribution in [0.3, 0.4) is 0 Å². The summed E-state index contributed by atoms with van der Waals surface area (Å²) in [5.74, 6) is 0.212. The maximum atomic E-state index is 12.3. The number of likely N-dealkylation sites (N-methyl/N-ethyl adjacent to an activating group) is 1. The molecule has 1 aromatic heterocycles. The first-order valence-corrected chi connectivity index (χ1v) is 4.39. The number of nitrogens with zero attached hydrogens (tertiary/aromatic N) is 1. The van der Waals surface area contributed by atoms with Crippen LogP contribution in [0.2, 0.25) is 0 Å². The van der Waals surface area contributed by atoms with Gasteiger partial charge in [0.05, 0.1) is 11.6 Å². The third-order valence-electron chi connectivity index (χ3n) is 2.29. The Bertz CT molecular complexity index is 378. The van der Waals surface area contributed by atoms with E-state index in [1.54, 1.807) is 7.05 Å². The van der Waals surface area contributed by atoms with Crippen LogP contribution >= 0.6 is 0 Å². The van der Waals surface area contributed by atoms with Crippen molar-refractivity contribution in [1.29, 1.82) is 0 Å². The lowest BCUT2D eigenvalue weighted by Crippen LogP contribution is -2.18. The smallest absolute Gasteiger partial charge is 0.418 e. The number of fused-ring (bicyclic) bond motifs is 1. The van der Waals surface area contributed by atoms with E-state index >= 15 is 0 Å². The van der Waals surface area contributed by atoms with Gasteiger partial charge < -0.3 is 10.1 Å². The van der Waals surface area contributed by atoms with Gasteiger partial charge in [0.15, 0.2) is 0 Å². The van der Waals surface area contributed by atoms with Gasteiger partial charge in [-0.2, -0.15) is 13.2 Å². The largest absolute Gasteiger partial charge is 0.490 e. The second-order valence-electron chi connectivity index (χ2n) is 3.26. The van der Waals surface area contributed by atoms with Gasteiger partial charge in [0.2, 0.25) is 0 Å². The Morgan fingerprint density at radius 3 is 2.87 bits per heavy atom. The minimum atomic E-state index is -4.37. The number of halogens is 3. The molecule has 0 fully saturated rings. The fraction of sp³-hybridized carbons (Fsp3) is 0.444. The average molecular weight is 218 g/mol. The summed E-state index contributed by atoms with van der Waals surface area (Å²) in [4.78, 5) is 3.77. The third-order valence-corrected chi connectivity index (χ3v) is 2.29. The summed E-state index contributed by atoms with van der Waals surface area (Å²) >= 11 is 0. The molecule has 0 aromatic carbocycles. The van der Waals surface area contributed by atoms with Crippen molar-refractivity contribution < 1.29 is 17.9 Å². The number of ether oxygens (including phenoxy) is 1. The zero-order valence-electron chi connectivity index (χ0n) is 7.93. The molecule has 15 heavy (non-hydrogen) atoms. The van der Waals surface area contributed by atoms with Crippen LogP contribution in [0.4, 0.5) is 13.2 Å². The second kappa shape index (κ2) is 3.37. The predicted molar refractivity (Wildman–Crippen MR) is 46.5 cm³/mol. The highest BCUT2D eigenvalue weighted by Gasteiger charge is 2.34. The Kier molecular flexibility index (Phi) is 2.30. The predicted octanol–water partition coefficient (Wildman–Crippen LogP) is 1.75. The maximum Gasteiger partial charge on any atom is 0.418 e. The van der Waals surface area contributed by atoms with Crippen molar-refractivity contribution >= 4 is 0 Å². The first kappa shape index (κ1) is 10.2. The highest BCUT2D eigenvalue weighted by Crippen LogP contribution is 2.36. The Morgan fingerprint density at radius 2 is 2.27 bits per heavy atom. The molecule has 3 nitrogen and oxygen atoms in total. The number of hydrogen-bond donors (Lipinski definition) is 1. The lowest BCUT2D eigenvalue weighted by molar-refractivity contribution is -0.137. The molecular weight excluding hydrogens is 209 g/mol. The Balaban J connectivity index is 2.37. The molecule has 2 rings (SSSR count). The van der Waals surface area contributed by atoms with Crippen molar-refractivity contribution in [3.8, 4) is 5.75 Å². The van der Waals surface area contributed by atoms with Gasteiger partial charge in [0.1, 0.15) is 18.1 Å². The molecule has 1 N–H and O–H groups in total. The topological polar surface area (TPSA) is 34.1 Å². The highest BCUT2D eigenvalue weighted by atomic mass is 19.4. The number of hydrogen-bond acceptors (Lipinski definition) is 3. The SMILES string of the molecule is CNC1COc2cc(C(F)(F)F)cnc21. The van der Waals surface area contributed by atoms with Crippen LogP contribution in [-0.4, -0.2) is 18.6 Å². The van der Waals surface area contributed by atoms with Crippen LogP contribution in [0.1, 0.15) is 17.3 Å². The number of nitrogens with one attached hydrogen (secondary N) is 1. The zero-order chi connectivity index (χ0) is 11.1. The van der Waals surface area contributed by atoms with E-state index in [9.17, 15) is 13.2 Å². The van der Waals surface area contributed by atoms with E-state index < -0.39 is 11.7 Å². The van der Waals surface area contributed by atoms with Crippen LogP contribution in [0, 0.1) is 0 Å². The lowest BCUT2D eigenvalue weighted by atomic mass is 10.2. The van der Waals surface area contributed by atoms with Gasteiger partial charge in [-0.1, -0.05) is 0 Å². The van der Waals surface area contributed by atoms with E-state index in [1.165, 1.54) is 0 Å². The summed E-state index contributed by atoms with van der Waals surface area (Å²) in [6.07, 6.45) is -3.54. The molecule has 1 aromatic rings. The summed E-state index contributed by atoms with van der Waals surface area (Å²) in [5.41, 5.74) is -0.247. The minimum absolute atomic E-state index is 0.123. The zero-order valence-corrected chi connectivity index (χ0v) is 7.93. The van der Waals surface area contributed by atoms with E-state index in [-0.39, 0.29) is 11.8 Å². The summed E-state index contributed by atoms with van der Waals surface area (Å²) in [7, 11) is 1.71. The van der Waals surface area contributed by atoms with Crippen molar-refractivity contribution in [2.75, 3.05) is 13.7 Å². The van der Waals surface area contributed by atoms with Crippen LogP contribution in [0.5, 0.6) is 5.75 Å². The molecule has 1 aliphatic rings. The molecule has 0 amide bonds. The summed E-state index contributed by atoms with van der Waals surface area (Å²) in [6, 6.07) is 0.863. The molecule has 1 atom stereocenters. The van der Waals surface area contributed by atoms with E-state index in [1.807, 2.05) is 0 Å². The molecule has 1 unspecified atom stereocenters. The van der Waals surface area contributed by atoms with Crippen LogP contribution in [0.15, 0.2) is 12.3 Å².